The molecule has 1 amide bonds. The summed E-state index contributed by atoms with van der Waals surface area (Å²) in [6, 6.07) is 14.2. The quantitative estimate of drug-likeness (QED) is 0.755. The van der Waals surface area contributed by atoms with Gasteiger partial charge in [-0.05, 0) is 50.2 Å². The number of sulfonamides is 1. The predicted molar refractivity (Wildman–Crippen MR) is 102 cm³/mol. The molecule has 0 saturated carbocycles. The highest BCUT2D eigenvalue weighted by Gasteiger charge is 2.28. The molecule has 0 aliphatic carbocycles. The van der Waals surface area contributed by atoms with Crippen LogP contribution in [0.1, 0.15) is 24.2 Å². The van der Waals surface area contributed by atoms with Crippen molar-refractivity contribution in [2.75, 3.05) is 17.9 Å². The first-order chi connectivity index (χ1) is 12.6. The van der Waals surface area contributed by atoms with E-state index in [1.165, 1.54) is 45.2 Å². The van der Waals surface area contributed by atoms with Crippen LogP contribution in [0.5, 0.6) is 0 Å². The number of anilines is 1. The van der Waals surface area contributed by atoms with Gasteiger partial charge in [-0.15, -0.1) is 0 Å². The molecule has 0 saturated heterocycles. The van der Waals surface area contributed by atoms with Crippen LogP contribution in [-0.4, -0.2) is 39.0 Å². The van der Waals surface area contributed by atoms with Crippen molar-refractivity contribution in [3.63, 3.8) is 0 Å². The Labute approximate surface area is 158 Å². The van der Waals surface area contributed by atoms with E-state index >= 15 is 0 Å². The second-order valence-electron chi connectivity index (χ2n) is 6.70. The number of para-hydroxylation sites is 1. The number of carboxylic acids is 1. The molecule has 2 aromatic carbocycles. The molecule has 2 rings (SSSR count). The predicted octanol–water partition coefficient (Wildman–Crippen LogP) is 2.35. The van der Waals surface area contributed by atoms with E-state index in [1.54, 1.807) is 30.3 Å². The lowest BCUT2D eigenvalue weighted by Gasteiger charge is -2.20. The third-order valence-corrected chi connectivity index (χ3v) is 5.96. The fourth-order valence-corrected chi connectivity index (χ4v) is 3.39. The molecule has 0 aromatic heterocycles. The number of hydrogen-bond acceptors (Lipinski definition) is 4. The van der Waals surface area contributed by atoms with Gasteiger partial charge >= 0.3 is 5.97 Å². The minimum absolute atomic E-state index is 0.0437. The molecule has 7 nitrogen and oxygen atoms in total. The SMILES string of the molecule is CN(c1ccccc1)S(=O)(=O)c1ccc(C(=O)NCC(C)(C)C(=O)O)cc1. The summed E-state index contributed by atoms with van der Waals surface area (Å²) in [7, 11) is -2.30. The van der Waals surface area contributed by atoms with E-state index in [2.05, 4.69) is 5.32 Å². The third-order valence-electron chi connectivity index (χ3n) is 4.16. The molecule has 144 valence electrons. The number of benzene rings is 2. The highest BCUT2D eigenvalue weighted by molar-refractivity contribution is 7.92. The lowest BCUT2D eigenvalue weighted by Crippen LogP contribution is -2.38. The van der Waals surface area contributed by atoms with Crippen LogP contribution in [0, 0.1) is 5.41 Å². The summed E-state index contributed by atoms with van der Waals surface area (Å²) < 4.78 is 26.6. The zero-order valence-electron chi connectivity index (χ0n) is 15.3. The number of hydrogen-bond donors (Lipinski definition) is 2. The molecule has 2 aromatic rings. The highest BCUT2D eigenvalue weighted by Crippen LogP contribution is 2.22. The summed E-state index contributed by atoms with van der Waals surface area (Å²) in [5.74, 6) is -1.49. The maximum absolute atomic E-state index is 12.7. The van der Waals surface area contributed by atoms with Crippen LogP contribution in [-0.2, 0) is 14.8 Å². The van der Waals surface area contributed by atoms with Gasteiger partial charge in [-0.2, -0.15) is 0 Å². The van der Waals surface area contributed by atoms with Gasteiger partial charge < -0.3 is 10.4 Å². The van der Waals surface area contributed by atoms with Crippen LogP contribution in [0.4, 0.5) is 5.69 Å². The lowest BCUT2D eigenvalue weighted by molar-refractivity contribution is -0.146. The van der Waals surface area contributed by atoms with Crippen molar-refractivity contribution in [1.29, 1.82) is 0 Å². The minimum Gasteiger partial charge on any atom is -0.481 e. The number of amides is 1. The van der Waals surface area contributed by atoms with Crippen LogP contribution in [0.25, 0.3) is 0 Å². The Morgan fingerprint density at radius 3 is 2.11 bits per heavy atom. The lowest BCUT2D eigenvalue weighted by atomic mass is 9.94. The maximum Gasteiger partial charge on any atom is 0.310 e. The van der Waals surface area contributed by atoms with Gasteiger partial charge in [-0.1, -0.05) is 18.2 Å². The summed E-state index contributed by atoms with van der Waals surface area (Å²) in [5, 5.41) is 11.6. The smallest absolute Gasteiger partial charge is 0.310 e. The van der Waals surface area contributed by atoms with Gasteiger partial charge in [0.2, 0.25) is 0 Å². The van der Waals surface area contributed by atoms with Gasteiger partial charge in [-0.3, -0.25) is 13.9 Å². The molecule has 0 aliphatic rings. The molecule has 0 bridgehead atoms. The fourth-order valence-electron chi connectivity index (χ4n) is 2.19. The van der Waals surface area contributed by atoms with Crippen molar-refractivity contribution < 1.29 is 23.1 Å². The van der Waals surface area contributed by atoms with Crippen molar-refractivity contribution in [2.45, 2.75) is 18.7 Å². The van der Waals surface area contributed by atoms with Crippen molar-refractivity contribution in [3.8, 4) is 0 Å². The summed E-state index contributed by atoms with van der Waals surface area (Å²) >= 11 is 0. The van der Waals surface area contributed by atoms with Crippen LogP contribution >= 0.6 is 0 Å². The highest BCUT2D eigenvalue weighted by atomic mass is 32.2. The number of nitrogens with zero attached hydrogens (tertiary/aromatic N) is 1. The molecule has 0 heterocycles. The molecule has 0 spiro atoms. The molecule has 0 fully saturated rings. The van der Waals surface area contributed by atoms with Gasteiger partial charge in [0.15, 0.2) is 0 Å². The topological polar surface area (TPSA) is 104 Å². The number of carbonyl (C=O) groups is 2. The Balaban J connectivity index is 2.14. The van der Waals surface area contributed by atoms with Gasteiger partial charge in [0.25, 0.3) is 15.9 Å². The first-order valence-electron chi connectivity index (χ1n) is 8.21. The number of rotatable bonds is 7. The molecule has 27 heavy (non-hydrogen) atoms. The molecular formula is C19H22N2O5S. The third kappa shape index (κ3) is 4.65. The average molecular weight is 390 g/mol. The number of aliphatic carboxylic acids is 1. The Hall–Kier alpha value is -2.87. The van der Waals surface area contributed by atoms with Crippen molar-refractivity contribution in [2.24, 2.45) is 5.41 Å². The normalized spacial score (nSPS) is 11.7. The summed E-state index contributed by atoms with van der Waals surface area (Å²) in [6.45, 7) is 2.97. The molecule has 8 heteroatoms. The molecule has 0 unspecified atom stereocenters. The molecule has 0 radical (unpaired) electrons. The second-order valence-corrected chi connectivity index (χ2v) is 8.67. The summed E-state index contributed by atoms with van der Waals surface area (Å²) in [5.41, 5.74) is -0.329. The van der Waals surface area contributed by atoms with Crippen LogP contribution in [0.2, 0.25) is 0 Å². The second kappa shape index (κ2) is 7.79. The standard InChI is InChI=1S/C19H22N2O5S/c1-19(2,18(23)24)13-20-17(22)14-9-11-16(12-10-14)27(25,26)21(3)15-7-5-4-6-8-15/h4-12H,13H2,1-3H3,(H,20,22)(H,23,24). The van der Waals surface area contributed by atoms with E-state index in [0.29, 0.717) is 5.69 Å². The van der Waals surface area contributed by atoms with Gasteiger partial charge in [0, 0.05) is 19.2 Å². The van der Waals surface area contributed by atoms with E-state index in [4.69, 9.17) is 5.11 Å². The molecule has 0 atom stereocenters. The summed E-state index contributed by atoms with van der Waals surface area (Å²) in [4.78, 5) is 23.3. The molecule has 2 N–H and O–H groups in total. The monoisotopic (exact) mass is 390 g/mol. The first-order valence-corrected chi connectivity index (χ1v) is 9.65. The van der Waals surface area contributed by atoms with Crippen LogP contribution in [0.3, 0.4) is 0 Å². The molecular weight excluding hydrogens is 368 g/mol. The fraction of sp³-hybridized carbons (Fsp3) is 0.263. The van der Waals surface area contributed by atoms with Crippen LogP contribution < -0.4 is 9.62 Å². The van der Waals surface area contributed by atoms with E-state index in [-0.39, 0.29) is 17.0 Å². The Morgan fingerprint density at radius 1 is 1.04 bits per heavy atom. The van der Waals surface area contributed by atoms with Crippen molar-refractivity contribution >= 4 is 27.6 Å². The first kappa shape index (κ1) is 20.4. The number of nitrogens with one attached hydrogen (secondary N) is 1. The van der Waals surface area contributed by atoms with Crippen molar-refractivity contribution in [3.05, 3.63) is 60.2 Å². The Bertz CT molecular complexity index is 922. The zero-order valence-corrected chi connectivity index (χ0v) is 16.2. The Morgan fingerprint density at radius 2 is 1.59 bits per heavy atom. The largest absolute Gasteiger partial charge is 0.481 e. The number of carbonyl (C=O) groups excluding carboxylic acids is 1. The summed E-state index contributed by atoms with van der Waals surface area (Å²) in [6.07, 6.45) is 0. The molecule has 0 aliphatic heterocycles. The van der Waals surface area contributed by atoms with Gasteiger partial charge in [-0.25, -0.2) is 8.42 Å². The number of carboxylic acid groups (broad SMARTS) is 1. The maximum atomic E-state index is 12.7. The van der Waals surface area contributed by atoms with Gasteiger partial charge in [0.1, 0.15) is 0 Å². The van der Waals surface area contributed by atoms with E-state index in [1.807, 2.05) is 0 Å². The van der Waals surface area contributed by atoms with Crippen LogP contribution in [0.15, 0.2) is 59.5 Å². The zero-order chi connectivity index (χ0) is 20.2. The van der Waals surface area contributed by atoms with E-state index < -0.39 is 27.3 Å². The Kier molecular flexibility index (Phi) is 5.90. The minimum atomic E-state index is -3.76. The van der Waals surface area contributed by atoms with E-state index in [0.717, 1.165) is 4.31 Å². The average Bonchev–Trinajstić information content (AvgIpc) is 2.66. The van der Waals surface area contributed by atoms with Gasteiger partial charge in [0.05, 0.1) is 16.0 Å². The van der Waals surface area contributed by atoms with Crippen molar-refractivity contribution in [1.82, 2.24) is 5.32 Å². The van der Waals surface area contributed by atoms with E-state index in [9.17, 15) is 18.0 Å².